The Morgan fingerprint density at radius 1 is 0.780 bits per heavy atom. The Labute approximate surface area is 340 Å². The summed E-state index contributed by atoms with van der Waals surface area (Å²) >= 11 is 0. The molecule has 308 valence electrons. The highest BCUT2D eigenvalue weighted by Gasteiger charge is 2.48. The number of alkyl halides is 2. The number of imide groups is 1. The van der Waals surface area contributed by atoms with E-state index in [-0.39, 0.29) is 40.7 Å². The molecular formula is C46H47F4N5O4. The summed E-state index contributed by atoms with van der Waals surface area (Å²) in [6.45, 7) is 8.16. The van der Waals surface area contributed by atoms with E-state index in [2.05, 4.69) is 26.1 Å². The van der Waals surface area contributed by atoms with E-state index in [0.717, 1.165) is 99.4 Å². The van der Waals surface area contributed by atoms with Crippen LogP contribution in [0.1, 0.15) is 87.7 Å². The molecule has 0 saturated carbocycles. The van der Waals surface area contributed by atoms with Crippen molar-refractivity contribution in [3.8, 4) is 5.75 Å². The topological polar surface area (TPSA) is 96.4 Å². The molecule has 0 radical (unpaired) electrons. The van der Waals surface area contributed by atoms with Gasteiger partial charge in [-0.3, -0.25) is 24.6 Å². The number of hydrogen-bond acceptors (Lipinski definition) is 7. The Bertz CT molecular complexity index is 2310. The summed E-state index contributed by atoms with van der Waals surface area (Å²) in [4.78, 5) is 46.0. The number of phenols is 1. The third-order valence-electron chi connectivity index (χ3n) is 13.3. The van der Waals surface area contributed by atoms with Crippen LogP contribution in [-0.4, -0.2) is 84.5 Å². The zero-order valence-corrected chi connectivity index (χ0v) is 32.9. The van der Waals surface area contributed by atoms with Crippen LogP contribution in [0.15, 0.2) is 72.8 Å². The first-order valence-corrected chi connectivity index (χ1v) is 20.6. The van der Waals surface area contributed by atoms with Gasteiger partial charge in [0.2, 0.25) is 11.8 Å². The fourth-order valence-electron chi connectivity index (χ4n) is 10.1. The predicted molar refractivity (Wildman–Crippen MR) is 215 cm³/mol. The fraction of sp³-hybridized carbons (Fsp3) is 0.413. The molecule has 0 unspecified atom stereocenters. The lowest BCUT2D eigenvalue weighted by Gasteiger charge is -2.40. The number of fused-ring (bicyclic) bond motifs is 2. The fourth-order valence-corrected chi connectivity index (χ4v) is 10.1. The number of phenolic OH excluding ortho intramolecular Hbond substituents is 1. The summed E-state index contributed by atoms with van der Waals surface area (Å²) in [7, 11) is 0. The zero-order chi connectivity index (χ0) is 41.2. The molecular weight excluding hydrogens is 763 g/mol. The van der Waals surface area contributed by atoms with Gasteiger partial charge in [0.15, 0.2) is 0 Å². The highest BCUT2D eigenvalue weighted by atomic mass is 19.3. The smallest absolute Gasteiger partial charge is 0.274 e. The molecule has 4 aromatic rings. The maximum Gasteiger partial charge on any atom is 0.274 e. The standard InChI is InChI=1S/C46H47F4N5O4/c1-27-20-40(48)36(23-39(27)47)37-24-46(49,50)38-22-33(56)7-9-35(38)43(37)29-2-4-31(5-3-29)53-14-12-28(13-15-53)25-52-16-18-54(19-17-52)32-6-8-34-30(21-32)26-55(45(34)59)41-10-11-42(57)51-44(41)58/h2-9,20-23,28,37,41,43,56H,10-19,24-26H2,1H3,(H,51,57,58)/t37-,41-,43-/m0/s1. The number of aryl methyl sites for hydroxylation is 1. The molecule has 0 bridgehead atoms. The number of piperazine rings is 1. The second-order valence-corrected chi connectivity index (χ2v) is 16.9. The second-order valence-electron chi connectivity index (χ2n) is 16.9. The third-order valence-corrected chi connectivity index (χ3v) is 13.3. The van der Waals surface area contributed by atoms with Gasteiger partial charge in [-0.05, 0) is 115 Å². The van der Waals surface area contributed by atoms with Crippen molar-refractivity contribution >= 4 is 29.1 Å². The normalized spacial score (nSPS) is 23.6. The van der Waals surface area contributed by atoms with E-state index in [9.17, 15) is 23.9 Å². The van der Waals surface area contributed by atoms with Crippen LogP contribution in [-0.2, 0) is 22.1 Å². The number of anilines is 2. The molecule has 3 saturated heterocycles. The van der Waals surface area contributed by atoms with Gasteiger partial charge in [-0.1, -0.05) is 18.2 Å². The summed E-state index contributed by atoms with van der Waals surface area (Å²) in [5.74, 6) is -7.01. The lowest BCUT2D eigenvalue weighted by atomic mass is 9.67. The lowest BCUT2D eigenvalue weighted by Crippen LogP contribution is -2.52. The van der Waals surface area contributed by atoms with E-state index in [0.29, 0.717) is 30.0 Å². The zero-order valence-electron chi connectivity index (χ0n) is 32.9. The molecule has 4 heterocycles. The Morgan fingerprint density at radius 2 is 1.49 bits per heavy atom. The Hall–Kier alpha value is -5.43. The first-order valence-electron chi connectivity index (χ1n) is 20.6. The molecule has 3 atom stereocenters. The van der Waals surface area contributed by atoms with Crippen molar-refractivity contribution in [3.63, 3.8) is 0 Å². The minimum Gasteiger partial charge on any atom is -0.508 e. The molecule has 1 aliphatic carbocycles. The maximum atomic E-state index is 15.6. The van der Waals surface area contributed by atoms with Crippen molar-refractivity contribution in [2.75, 3.05) is 55.6 Å². The van der Waals surface area contributed by atoms with Crippen LogP contribution < -0.4 is 15.1 Å². The van der Waals surface area contributed by atoms with Crippen molar-refractivity contribution in [1.29, 1.82) is 0 Å². The summed E-state index contributed by atoms with van der Waals surface area (Å²) in [5, 5.41) is 12.5. The van der Waals surface area contributed by atoms with Gasteiger partial charge in [0, 0.05) is 99.5 Å². The Balaban J connectivity index is 0.812. The molecule has 5 aliphatic rings. The minimum atomic E-state index is -3.35. The SMILES string of the molecule is Cc1cc(F)c([C@@H]2CC(F)(F)c3cc(O)ccc3[C@@H]2c2ccc(N3CCC(CN4CCN(c5ccc6c(c5)CN([C@H]5CCC(=O)NC5=O)C6=O)CC4)CC3)cc2)cc1F. The van der Waals surface area contributed by atoms with Gasteiger partial charge in [-0.25, -0.2) is 17.6 Å². The predicted octanol–water partition coefficient (Wildman–Crippen LogP) is 7.19. The maximum absolute atomic E-state index is 15.6. The highest BCUT2D eigenvalue weighted by molar-refractivity contribution is 6.05. The number of carbonyl (C=O) groups is 3. The average molecular weight is 810 g/mol. The van der Waals surface area contributed by atoms with E-state index >= 15 is 13.2 Å². The number of benzene rings is 4. The molecule has 4 aliphatic heterocycles. The van der Waals surface area contributed by atoms with Gasteiger partial charge in [0.05, 0.1) is 0 Å². The van der Waals surface area contributed by atoms with E-state index in [1.54, 1.807) is 4.90 Å². The number of carbonyl (C=O) groups excluding carboxylic acids is 3. The first-order chi connectivity index (χ1) is 28.3. The van der Waals surface area contributed by atoms with Crippen LogP contribution in [0.3, 0.4) is 0 Å². The van der Waals surface area contributed by atoms with Crippen molar-refractivity contribution < 1.29 is 37.1 Å². The summed E-state index contributed by atoms with van der Waals surface area (Å²) in [5.41, 5.74) is 4.37. The molecule has 0 spiro atoms. The van der Waals surface area contributed by atoms with Crippen molar-refractivity contribution in [1.82, 2.24) is 15.1 Å². The third kappa shape index (κ3) is 7.42. The average Bonchev–Trinajstić information content (AvgIpc) is 3.54. The molecule has 2 N–H and O–H groups in total. The van der Waals surface area contributed by atoms with Crippen LogP contribution in [0.5, 0.6) is 5.75 Å². The Morgan fingerprint density at radius 3 is 2.22 bits per heavy atom. The Kier molecular flexibility index (Phi) is 10.1. The van der Waals surface area contributed by atoms with Crippen LogP contribution >= 0.6 is 0 Å². The molecule has 9 rings (SSSR count). The van der Waals surface area contributed by atoms with Crippen LogP contribution in [0.2, 0.25) is 0 Å². The molecule has 9 nitrogen and oxygen atoms in total. The quantitative estimate of drug-likeness (QED) is 0.151. The summed E-state index contributed by atoms with van der Waals surface area (Å²) < 4.78 is 61.5. The molecule has 13 heteroatoms. The number of amides is 3. The van der Waals surface area contributed by atoms with Crippen molar-refractivity contribution in [2.45, 2.75) is 69.4 Å². The number of piperidine rings is 2. The number of halogens is 4. The van der Waals surface area contributed by atoms with Gasteiger partial charge in [-0.2, -0.15) is 0 Å². The van der Waals surface area contributed by atoms with E-state index < -0.39 is 47.8 Å². The van der Waals surface area contributed by atoms with Gasteiger partial charge in [-0.15, -0.1) is 0 Å². The molecule has 4 aromatic carbocycles. The van der Waals surface area contributed by atoms with Crippen molar-refractivity contribution in [3.05, 3.63) is 123 Å². The van der Waals surface area contributed by atoms with E-state index in [1.165, 1.54) is 19.1 Å². The monoisotopic (exact) mass is 809 g/mol. The molecule has 0 aromatic heterocycles. The van der Waals surface area contributed by atoms with Crippen LogP contribution in [0, 0.1) is 24.5 Å². The highest BCUT2D eigenvalue weighted by Crippen LogP contribution is 2.55. The largest absolute Gasteiger partial charge is 0.508 e. The molecule has 3 fully saturated rings. The second kappa shape index (κ2) is 15.3. The van der Waals surface area contributed by atoms with Crippen LogP contribution in [0.25, 0.3) is 0 Å². The number of hydrogen-bond donors (Lipinski definition) is 2. The number of nitrogens with zero attached hydrogens (tertiary/aromatic N) is 4. The van der Waals surface area contributed by atoms with Crippen LogP contribution in [0.4, 0.5) is 28.9 Å². The lowest BCUT2D eigenvalue weighted by molar-refractivity contribution is -0.136. The first kappa shape index (κ1) is 39.1. The van der Waals surface area contributed by atoms with E-state index in [1.807, 2.05) is 36.4 Å². The summed E-state index contributed by atoms with van der Waals surface area (Å²) in [6.07, 6.45) is 1.90. The molecule has 59 heavy (non-hydrogen) atoms. The number of aromatic hydroxyl groups is 1. The van der Waals surface area contributed by atoms with E-state index in [4.69, 9.17) is 0 Å². The van der Waals surface area contributed by atoms with Gasteiger partial charge in [0.25, 0.3) is 11.8 Å². The van der Waals surface area contributed by atoms with Gasteiger partial charge < -0.3 is 19.8 Å². The van der Waals surface area contributed by atoms with Gasteiger partial charge >= 0.3 is 0 Å². The van der Waals surface area contributed by atoms with Crippen molar-refractivity contribution in [2.24, 2.45) is 5.92 Å². The summed E-state index contributed by atoms with van der Waals surface area (Å²) in [6, 6.07) is 19.2. The van der Waals surface area contributed by atoms with Gasteiger partial charge in [0.1, 0.15) is 23.4 Å². The minimum absolute atomic E-state index is 0.0786. The molecule has 3 amide bonds. The number of rotatable bonds is 7. The number of nitrogens with one attached hydrogen (secondary N) is 1.